The highest BCUT2D eigenvalue weighted by molar-refractivity contribution is 5.89. The molecule has 1 aromatic carbocycles. The summed E-state index contributed by atoms with van der Waals surface area (Å²) in [5.74, 6) is 0. The van der Waals surface area contributed by atoms with Gasteiger partial charge < -0.3 is 25.2 Å². The van der Waals surface area contributed by atoms with Crippen molar-refractivity contribution in [3.05, 3.63) is 59.6 Å². The van der Waals surface area contributed by atoms with Crippen LogP contribution in [0.1, 0.15) is 56.7 Å². The van der Waals surface area contributed by atoms with E-state index in [4.69, 9.17) is 0 Å². The molecule has 0 atom stereocenters. The van der Waals surface area contributed by atoms with E-state index >= 15 is 0 Å². The predicted octanol–water partition coefficient (Wildman–Crippen LogP) is 6.13. The second kappa shape index (κ2) is 11.1. The number of nitriles is 1. The summed E-state index contributed by atoms with van der Waals surface area (Å²) in [6.07, 6.45) is 11.2. The van der Waals surface area contributed by atoms with Crippen molar-refractivity contribution in [3.63, 3.8) is 0 Å². The summed E-state index contributed by atoms with van der Waals surface area (Å²) in [6.45, 7) is 10.6. The number of amides is 1. The van der Waals surface area contributed by atoms with Crippen LogP contribution in [0.2, 0.25) is 0 Å². The van der Waals surface area contributed by atoms with Crippen LogP contribution in [0.15, 0.2) is 42.9 Å². The fourth-order valence-electron chi connectivity index (χ4n) is 5.24. The van der Waals surface area contributed by atoms with E-state index in [1.165, 1.54) is 0 Å². The zero-order chi connectivity index (χ0) is 26.6. The Kier molecular flexibility index (Phi) is 7.84. The van der Waals surface area contributed by atoms with Crippen molar-refractivity contribution in [1.82, 2.24) is 19.8 Å². The van der Waals surface area contributed by atoms with Crippen LogP contribution < -0.4 is 5.32 Å². The first-order valence-electron chi connectivity index (χ1n) is 12.8. The Hall–Kier alpha value is -3.83. The lowest BCUT2D eigenvalue weighted by atomic mass is 9.97. The fourth-order valence-corrected chi connectivity index (χ4v) is 5.24. The van der Waals surface area contributed by atoms with Crippen LogP contribution in [0, 0.1) is 18.3 Å². The molecule has 1 fully saturated rings. The minimum Gasteiger partial charge on any atom is -0.465 e. The van der Waals surface area contributed by atoms with Crippen molar-refractivity contribution >= 4 is 34.4 Å². The molecule has 0 saturated carbocycles. The highest BCUT2D eigenvalue weighted by atomic mass is 16.4. The van der Waals surface area contributed by atoms with Gasteiger partial charge in [-0.15, -0.1) is 0 Å². The van der Waals surface area contributed by atoms with Crippen molar-refractivity contribution < 1.29 is 9.90 Å². The van der Waals surface area contributed by atoms with Gasteiger partial charge in [-0.05, 0) is 70.7 Å². The summed E-state index contributed by atoms with van der Waals surface area (Å²) < 4.78 is 0. The number of carboxylic acid groups (broad SMARTS) is 1. The molecule has 1 saturated heterocycles. The van der Waals surface area contributed by atoms with Gasteiger partial charge in [0.15, 0.2) is 0 Å². The second-order valence-electron chi connectivity index (χ2n) is 10.7. The number of likely N-dealkylation sites (tertiary alicyclic amines) is 1. The first-order chi connectivity index (χ1) is 17.7. The lowest BCUT2D eigenvalue weighted by molar-refractivity contribution is 0.0425. The lowest BCUT2D eigenvalue weighted by Crippen LogP contribution is -2.54. The van der Waals surface area contributed by atoms with Crippen LogP contribution in [-0.4, -0.2) is 62.2 Å². The number of aromatic amines is 1. The van der Waals surface area contributed by atoms with E-state index in [-0.39, 0.29) is 6.04 Å². The van der Waals surface area contributed by atoms with E-state index in [2.05, 4.69) is 45.3 Å². The van der Waals surface area contributed by atoms with Crippen LogP contribution in [-0.2, 0) is 0 Å². The van der Waals surface area contributed by atoms with E-state index < -0.39 is 11.6 Å². The average molecular weight is 501 g/mol. The predicted molar refractivity (Wildman–Crippen MR) is 148 cm³/mol. The Bertz CT molecular complexity index is 1320. The number of benzene rings is 1. The zero-order valence-corrected chi connectivity index (χ0v) is 22.1. The van der Waals surface area contributed by atoms with Gasteiger partial charge in [-0.3, -0.25) is 4.98 Å². The van der Waals surface area contributed by atoms with Gasteiger partial charge in [0, 0.05) is 72.0 Å². The molecule has 37 heavy (non-hydrogen) atoms. The number of hydrogen-bond donors (Lipinski definition) is 3. The Labute approximate surface area is 218 Å². The van der Waals surface area contributed by atoms with E-state index in [9.17, 15) is 15.2 Å². The topological polar surface area (TPSA) is 108 Å². The largest absolute Gasteiger partial charge is 0.465 e. The third-order valence-corrected chi connectivity index (χ3v) is 7.12. The third-order valence-electron chi connectivity index (χ3n) is 7.12. The van der Waals surface area contributed by atoms with Gasteiger partial charge in [-0.1, -0.05) is 12.2 Å². The van der Waals surface area contributed by atoms with Crippen molar-refractivity contribution in [2.45, 2.75) is 58.5 Å². The molecule has 3 heterocycles. The maximum atomic E-state index is 11.8. The van der Waals surface area contributed by atoms with Crippen molar-refractivity contribution in [1.29, 1.82) is 5.26 Å². The van der Waals surface area contributed by atoms with E-state index in [1.54, 1.807) is 17.3 Å². The molecule has 3 aromatic rings. The van der Waals surface area contributed by atoms with Gasteiger partial charge in [0.1, 0.15) is 6.07 Å². The summed E-state index contributed by atoms with van der Waals surface area (Å²) >= 11 is 0. The summed E-state index contributed by atoms with van der Waals surface area (Å²) in [4.78, 5) is 23.3. The number of H-pyrrole nitrogens is 1. The van der Waals surface area contributed by atoms with Crippen molar-refractivity contribution in [2.24, 2.45) is 0 Å². The molecular formula is C29H36N6O2. The Balaban J connectivity index is 1.39. The molecule has 2 aromatic heterocycles. The van der Waals surface area contributed by atoms with Gasteiger partial charge in [0.25, 0.3) is 0 Å². The molecule has 1 amide bonds. The smallest absolute Gasteiger partial charge is 0.407 e. The third kappa shape index (κ3) is 5.95. The number of anilines is 2. The maximum Gasteiger partial charge on any atom is 0.407 e. The summed E-state index contributed by atoms with van der Waals surface area (Å²) in [5.41, 5.74) is 4.88. The summed E-state index contributed by atoms with van der Waals surface area (Å²) in [7, 11) is 0. The number of nitrogens with zero attached hydrogens (tertiary/aromatic N) is 4. The molecule has 8 heteroatoms. The summed E-state index contributed by atoms with van der Waals surface area (Å²) in [6, 6.07) is 8.44. The zero-order valence-electron chi connectivity index (χ0n) is 22.1. The highest BCUT2D eigenvalue weighted by Gasteiger charge is 2.34. The normalized spacial score (nSPS) is 15.2. The summed E-state index contributed by atoms with van der Waals surface area (Å²) in [5, 5.41) is 24.0. The van der Waals surface area contributed by atoms with Gasteiger partial charge in [0.2, 0.25) is 0 Å². The van der Waals surface area contributed by atoms with Gasteiger partial charge in [-0.2, -0.15) is 5.26 Å². The molecule has 0 unspecified atom stereocenters. The number of carbonyl (C=O) groups is 1. The number of pyridine rings is 1. The Morgan fingerprint density at radius 1 is 1.30 bits per heavy atom. The average Bonchev–Trinajstić information content (AvgIpc) is 3.34. The number of aryl methyl sites for hydroxylation is 1. The van der Waals surface area contributed by atoms with Crippen LogP contribution in [0.3, 0.4) is 0 Å². The number of rotatable bonds is 7. The molecule has 0 bridgehead atoms. The van der Waals surface area contributed by atoms with Crippen LogP contribution >= 0.6 is 0 Å². The maximum absolute atomic E-state index is 11.8. The molecule has 1 aliphatic rings. The van der Waals surface area contributed by atoms with Crippen molar-refractivity contribution in [2.75, 3.05) is 25.0 Å². The number of nitrogens with one attached hydrogen (secondary N) is 2. The minimum absolute atomic E-state index is 0.0617. The monoisotopic (exact) mass is 500 g/mol. The number of hydrogen-bond acceptors (Lipinski definition) is 5. The first-order valence-corrected chi connectivity index (χ1v) is 12.8. The molecule has 4 rings (SSSR count). The highest BCUT2D eigenvalue weighted by Crippen LogP contribution is 2.31. The molecule has 0 aliphatic carbocycles. The number of piperidine rings is 1. The SMILES string of the molecule is Cc1c(Nc2c(C#N)cncc2/C=C/CCN2CCC(N(C(=O)O)C(C)(C)C)CC2)ccc2[nH]ccc12. The quantitative estimate of drug-likeness (QED) is 0.360. The molecule has 8 nitrogen and oxygen atoms in total. The van der Waals surface area contributed by atoms with E-state index in [0.717, 1.165) is 72.3 Å². The van der Waals surface area contributed by atoms with Crippen LogP contribution in [0.5, 0.6) is 0 Å². The van der Waals surface area contributed by atoms with Gasteiger partial charge >= 0.3 is 6.09 Å². The van der Waals surface area contributed by atoms with E-state index in [1.807, 2.05) is 45.2 Å². The minimum atomic E-state index is -0.838. The molecular weight excluding hydrogens is 464 g/mol. The van der Waals surface area contributed by atoms with Crippen LogP contribution in [0.25, 0.3) is 17.0 Å². The van der Waals surface area contributed by atoms with E-state index in [0.29, 0.717) is 5.56 Å². The number of aromatic nitrogens is 2. The molecule has 194 valence electrons. The van der Waals surface area contributed by atoms with Gasteiger partial charge in [-0.25, -0.2) is 4.79 Å². The van der Waals surface area contributed by atoms with Crippen molar-refractivity contribution in [3.8, 4) is 6.07 Å². The van der Waals surface area contributed by atoms with Crippen LogP contribution in [0.4, 0.5) is 16.2 Å². The lowest BCUT2D eigenvalue weighted by Gasteiger charge is -2.43. The fraction of sp³-hybridized carbons (Fsp3) is 0.414. The standard InChI is InChI=1S/C29H36N6O2/c1-20-24-10-13-32-26(24)9-8-25(20)33-27-21(18-31-19-22(27)17-30)7-5-6-14-34-15-11-23(12-16-34)35(28(36)37)29(2,3)4/h5,7-10,13,18-19,23,32H,6,11-12,14-16H2,1-4H3,(H,31,33)(H,36,37)/b7-5+. The molecule has 1 aliphatic heterocycles. The molecule has 0 spiro atoms. The number of fused-ring (bicyclic) bond motifs is 1. The Morgan fingerprint density at radius 2 is 2.05 bits per heavy atom. The Morgan fingerprint density at radius 3 is 2.73 bits per heavy atom. The van der Waals surface area contributed by atoms with Gasteiger partial charge in [0.05, 0.1) is 11.3 Å². The molecule has 3 N–H and O–H groups in total. The second-order valence-corrected chi connectivity index (χ2v) is 10.7. The molecule has 0 radical (unpaired) electrons. The first kappa shape index (κ1) is 26.2.